The van der Waals surface area contributed by atoms with Crippen molar-refractivity contribution in [1.29, 1.82) is 0 Å². The van der Waals surface area contributed by atoms with Crippen LogP contribution in [0.5, 0.6) is 0 Å². The van der Waals surface area contributed by atoms with Crippen molar-refractivity contribution in [3.63, 3.8) is 0 Å². The summed E-state index contributed by atoms with van der Waals surface area (Å²) in [5, 5.41) is 14.9. The van der Waals surface area contributed by atoms with Gasteiger partial charge in [0.1, 0.15) is 5.52 Å². The lowest BCUT2D eigenvalue weighted by Gasteiger charge is -2.20. The number of carboxylic acid groups (broad SMARTS) is 1. The summed E-state index contributed by atoms with van der Waals surface area (Å²) < 4.78 is 38.8. The summed E-state index contributed by atoms with van der Waals surface area (Å²) in [4.78, 5) is 34.1. The van der Waals surface area contributed by atoms with Crippen LogP contribution in [0, 0.1) is 0 Å². The number of rotatable bonds is 4. The lowest BCUT2D eigenvalue weighted by molar-refractivity contribution is -0.192. The highest BCUT2D eigenvalue weighted by Gasteiger charge is 2.38. The number of hydrogen-bond donors (Lipinski definition) is 3. The Morgan fingerprint density at radius 1 is 1.05 bits per heavy atom. The number of carbonyl (C=O) groups excluding carboxylic acids is 1. The zero-order valence-electron chi connectivity index (χ0n) is 21.7. The van der Waals surface area contributed by atoms with Gasteiger partial charge < -0.3 is 26.0 Å². The normalized spacial score (nSPS) is 17.6. The van der Waals surface area contributed by atoms with Crippen LogP contribution < -0.4 is 11.5 Å². The summed E-state index contributed by atoms with van der Waals surface area (Å²) in [5.74, 6) is -2.12. The second-order valence-electron chi connectivity index (χ2n) is 9.93. The Bertz CT molecular complexity index is 1560. The Morgan fingerprint density at radius 2 is 1.73 bits per heavy atom. The first-order valence-corrected chi connectivity index (χ1v) is 13.0. The van der Waals surface area contributed by atoms with Crippen LogP contribution in [-0.2, 0) is 4.79 Å². The summed E-state index contributed by atoms with van der Waals surface area (Å²) in [7, 11) is 0. The molecule has 3 aromatic heterocycles. The number of aliphatic carboxylic acids is 1. The van der Waals surface area contributed by atoms with Gasteiger partial charge in [-0.3, -0.25) is 9.78 Å². The lowest BCUT2D eigenvalue weighted by Crippen LogP contribution is -2.32. The molecule has 0 bridgehead atoms. The molecule has 12 nitrogen and oxygen atoms in total. The Morgan fingerprint density at radius 3 is 2.29 bits per heavy atom. The number of aromatic nitrogens is 5. The Hall–Kier alpha value is -4.53. The highest BCUT2D eigenvalue weighted by atomic mass is 19.4. The SMILES string of the molecule is Nc1nonc1-c1nc2c(-c3ccccc3)ncc(C(=O)N3CCC(N)C3)c2n1C1CCCC1.O=C(O)C(F)(F)F. The van der Waals surface area contributed by atoms with E-state index in [0.717, 1.165) is 43.2 Å². The van der Waals surface area contributed by atoms with Gasteiger partial charge in [0, 0.05) is 36.9 Å². The predicted molar refractivity (Wildman–Crippen MR) is 140 cm³/mol. The minimum Gasteiger partial charge on any atom is -0.475 e. The van der Waals surface area contributed by atoms with Gasteiger partial charge in [0.15, 0.2) is 17.3 Å². The quantitative estimate of drug-likeness (QED) is 0.327. The van der Waals surface area contributed by atoms with Crippen LogP contribution in [0.2, 0.25) is 0 Å². The van der Waals surface area contributed by atoms with Gasteiger partial charge in [0.25, 0.3) is 5.91 Å². The maximum Gasteiger partial charge on any atom is 0.490 e. The summed E-state index contributed by atoms with van der Waals surface area (Å²) in [6.45, 7) is 1.16. The number of pyridine rings is 1. The molecule has 1 aliphatic carbocycles. The molecule has 216 valence electrons. The fourth-order valence-electron chi connectivity index (χ4n) is 5.25. The number of anilines is 1. The third kappa shape index (κ3) is 5.57. The molecular formula is C26H27F3N8O4. The first kappa shape index (κ1) is 28.0. The van der Waals surface area contributed by atoms with Crippen LogP contribution in [0.25, 0.3) is 33.8 Å². The number of nitrogens with two attached hydrogens (primary N) is 2. The molecule has 1 aromatic carbocycles. The van der Waals surface area contributed by atoms with Gasteiger partial charge in [-0.1, -0.05) is 43.2 Å². The van der Waals surface area contributed by atoms with Crippen molar-refractivity contribution in [3.05, 3.63) is 42.1 Å². The summed E-state index contributed by atoms with van der Waals surface area (Å²) >= 11 is 0. The summed E-state index contributed by atoms with van der Waals surface area (Å²) in [6, 6.07) is 10.0. The van der Waals surface area contributed by atoms with Crippen LogP contribution in [0.4, 0.5) is 19.0 Å². The number of nitrogen functional groups attached to an aromatic ring is 1. The van der Waals surface area contributed by atoms with Gasteiger partial charge in [-0.15, -0.1) is 0 Å². The van der Waals surface area contributed by atoms with E-state index >= 15 is 0 Å². The molecule has 4 aromatic rings. The number of fused-ring (bicyclic) bond motifs is 1. The maximum absolute atomic E-state index is 13.7. The van der Waals surface area contributed by atoms with Gasteiger partial charge >= 0.3 is 12.1 Å². The number of imidazole rings is 1. The molecule has 0 radical (unpaired) electrons. The number of amides is 1. The average Bonchev–Trinajstić information content (AvgIpc) is 3.75. The molecule has 1 aliphatic heterocycles. The Kier molecular flexibility index (Phi) is 7.62. The first-order valence-electron chi connectivity index (χ1n) is 13.0. The minimum atomic E-state index is -5.08. The van der Waals surface area contributed by atoms with Gasteiger partial charge in [-0.05, 0) is 29.6 Å². The van der Waals surface area contributed by atoms with Crippen molar-refractivity contribution < 1.29 is 32.5 Å². The van der Waals surface area contributed by atoms with Crippen LogP contribution >= 0.6 is 0 Å². The smallest absolute Gasteiger partial charge is 0.475 e. The molecule has 5 N–H and O–H groups in total. The molecule has 1 amide bonds. The fourth-order valence-corrected chi connectivity index (χ4v) is 5.25. The van der Waals surface area contributed by atoms with Gasteiger partial charge in [0.2, 0.25) is 0 Å². The molecule has 6 rings (SSSR count). The fraction of sp³-hybridized carbons (Fsp3) is 0.385. The van der Waals surface area contributed by atoms with Crippen LogP contribution in [-0.4, -0.2) is 72.0 Å². The average molecular weight is 573 g/mol. The van der Waals surface area contributed by atoms with Crippen molar-refractivity contribution in [1.82, 2.24) is 29.7 Å². The van der Waals surface area contributed by atoms with Crippen molar-refractivity contribution >= 4 is 28.7 Å². The number of nitrogens with zero attached hydrogens (tertiary/aromatic N) is 6. The highest BCUT2D eigenvalue weighted by Crippen LogP contribution is 2.40. The second-order valence-corrected chi connectivity index (χ2v) is 9.93. The lowest BCUT2D eigenvalue weighted by atomic mass is 10.1. The highest BCUT2D eigenvalue weighted by molar-refractivity contribution is 6.08. The summed E-state index contributed by atoms with van der Waals surface area (Å²) in [5.41, 5.74) is 16.1. The molecule has 1 unspecified atom stereocenters. The number of alkyl halides is 3. The van der Waals surface area contributed by atoms with E-state index in [-0.39, 0.29) is 23.8 Å². The van der Waals surface area contributed by atoms with E-state index < -0.39 is 12.1 Å². The number of carbonyl (C=O) groups is 2. The molecule has 0 spiro atoms. The molecule has 2 aliphatic rings. The van der Waals surface area contributed by atoms with Gasteiger partial charge in [0.05, 0.1) is 16.8 Å². The van der Waals surface area contributed by atoms with Crippen molar-refractivity contribution in [2.75, 3.05) is 18.8 Å². The molecule has 2 fully saturated rings. The standard InChI is InChI=1S/C24H26N8O2.C2HF3O2/c25-15-10-11-31(13-15)24(33)17-12-27-18(14-6-2-1-3-7-14)19-21(17)32(16-8-4-5-9-16)23(28-19)20-22(26)30-34-29-20;3-2(4,5)1(6)7/h1-3,6-7,12,15-16H,4-5,8-11,13,25H2,(H2,26,30);(H,6,7). The minimum absolute atomic E-state index is 0.00713. The molecule has 1 saturated carbocycles. The predicted octanol–water partition coefficient (Wildman–Crippen LogP) is 3.65. The van der Waals surface area contributed by atoms with E-state index in [9.17, 15) is 18.0 Å². The van der Waals surface area contributed by atoms with Crippen molar-refractivity contribution in [2.24, 2.45) is 5.73 Å². The number of likely N-dealkylation sites (tertiary alicyclic amines) is 1. The molecule has 1 atom stereocenters. The third-order valence-corrected chi connectivity index (χ3v) is 7.16. The topological polar surface area (TPSA) is 179 Å². The second kappa shape index (κ2) is 11.2. The zero-order chi connectivity index (χ0) is 29.3. The zero-order valence-corrected chi connectivity index (χ0v) is 21.7. The number of halogens is 3. The van der Waals surface area contributed by atoms with E-state index in [2.05, 4.69) is 14.9 Å². The molecule has 4 heterocycles. The van der Waals surface area contributed by atoms with Crippen LogP contribution in [0.3, 0.4) is 0 Å². The number of benzene rings is 1. The van der Waals surface area contributed by atoms with Crippen molar-refractivity contribution in [2.45, 2.75) is 50.4 Å². The third-order valence-electron chi connectivity index (χ3n) is 7.16. The van der Waals surface area contributed by atoms with E-state index in [1.807, 2.05) is 30.3 Å². The molecule has 15 heteroatoms. The van der Waals surface area contributed by atoms with Gasteiger partial charge in [-0.25, -0.2) is 14.4 Å². The van der Waals surface area contributed by atoms with Crippen molar-refractivity contribution in [3.8, 4) is 22.8 Å². The number of carboxylic acids is 1. The van der Waals surface area contributed by atoms with E-state index in [0.29, 0.717) is 41.4 Å². The molecule has 41 heavy (non-hydrogen) atoms. The maximum atomic E-state index is 13.7. The van der Waals surface area contributed by atoms with E-state index in [4.69, 9.17) is 36.0 Å². The number of hydrogen-bond acceptors (Lipinski definition) is 9. The largest absolute Gasteiger partial charge is 0.490 e. The summed E-state index contributed by atoms with van der Waals surface area (Å²) in [6.07, 6.45) is 1.56. The Balaban J connectivity index is 0.000000431. The van der Waals surface area contributed by atoms with E-state index in [1.54, 1.807) is 11.1 Å². The first-order chi connectivity index (χ1) is 19.6. The molecule has 1 saturated heterocycles. The monoisotopic (exact) mass is 572 g/mol. The van der Waals surface area contributed by atoms with Crippen LogP contribution in [0.15, 0.2) is 41.2 Å². The van der Waals surface area contributed by atoms with Gasteiger partial charge in [-0.2, -0.15) is 13.2 Å². The van der Waals surface area contributed by atoms with Crippen LogP contribution in [0.1, 0.15) is 48.5 Å². The molecular weight excluding hydrogens is 545 g/mol. The van der Waals surface area contributed by atoms with E-state index in [1.165, 1.54) is 0 Å². The Labute approximate surface area is 231 Å².